The topological polar surface area (TPSA) is 73.1 Å². The molecule has 1 aromatic carbocycles. The zero-order valence-electron chi connectivity index (χ0n) is 14.3. The summed E-state index contributed by atoms with van der Waals surface area (Å²) in [6, 6.07) is 7.61. The van der Waals surface area contributed by atoms with Crippen LogP contribution in [0.15, 0.2) is 30.5 Å². The highest BCUT2D eigenvalue weighted by Gasteiger charge is 2.43. The van der Waals surface area contributed by atoms with Crippen LogP contribution in [0.3, 0.4) is 0 Å². The number of nitrogen functional groups attached to an aromatic ring is 1. The predicted octanol–water partition coefficient (Wildman–Crippen LogP) is 3.07. The number of rotatable bonds is 3. The minimum atomic E-state index is -0.638. The fourth-order valence-electron chi connectivity index (χ4n) is 3.83. The Hall–Kier alpha value is -2.49. The number of nitrogens with zero attached hydrogens (tertiary/aromatic N) is 1. The Morgan fingerprint density at radius 3 is 2.46 bits per heavy atom. The van der Waals surface area contributed by atoms with E-state index >= 15 is 0 Å². The Kier molecular flexibility index (Phi) is 4.22. The van der Waals surface area contributed by atoms with Crippen molar-refractivity contribution in [2.75, 3.05) is 5.73 Å². The van der Waals surface area contributed by atoms with Gasteiger partial charge in [0.1, 0.15) is 11.7 Å². The van der Waals surface area contributed by atoms with Crippen LogP contribution in [0.2, 0.25) is 0 Å². The van der Waals surface area contributed by atoms with Crippen molar-refractivity contribution in [2.45, 2.75) is 39.5 Å². The molecule has 2 atom stereocenters. The van der Waals surface area contributed by atoms with E-state index in [0.717, 1.165) is 22.3 Å². The van der Waals surface area contributed by atoms with Crippen LogP contribution in [0.1, 0.15) is 40.3 Å². The van der Waals surface area contributed by atoms with E-state index in [4.69, 9.17) is 5.73 Å². The van der Waals surface area contributed by atoms with Gasteiger partial charge in [0.05, 0.1) is 11.4 Å². The Morgan fingerprint density at radius 2 is 1.83 bits per heavy atom. The maximum absolute atomic E-state index is 12.9. The molecule has 0 radical (unpaired) electrons. The van der Waals surface area contributed by atoms with Gasteiger partial charge in [-0.1, -0.05) is 17.7 Å². The smallest absolute Gasteiger partial charge is 0.151 e. The van der Waals surface area contributed by atoms with Crippen molar-refractivity contribution < 1.29 is 9.59 Å². The van der Waals surface area contributed by atoms with E-state index in [9.17, 15) is 9.59 Å². The molecule has 2 aromatic rings. The summed E-state index contributed by atoms with van der Waals surface area (Å²) in [4.78, 5) is 29.8. The Morgan fingerprint density at radius 1 is 1.17 bits per heavy atom. The molecule has 0 saturated heterocycles. The molecule has 0 spiro atoms. The molecule has 1 saturated carbocycles. The molecule has 2 N–H and O–H groups in total. The summed E-state index contributed by atoms with van der Waals surface area (Å²) < 4.78 is 0. The lowest BCUT2D eigenvalue weighted by atomic mass is 9.86. The highest BCUT2D eigenvalue weighted by molar-refractivity contribution is 6.15. The average Bonchev–Trinajstić information content (AvgIpc) is 2.76. The molecule has 1 fully saturated rings. The summed E-state index contributed by atoms with van der Waals surface area (Å²) in [6.07, 6.45) is 2.36. The number of nitrogens with two attached hydrogens (primary N) is 1. The zero-order chi connectivity index (χ0) is 17.4. The molecule has 1 heterocycles. The second-order valence-corrected chi connectivity index (χ2v) is 6.76. The normalized spacial score (nSPS) is 20.6. The van der Waals surface area contributed by atoms with Crippen LogP contribution in [0, 0.1) is 26.7 Å². The number of ketones is 2. The third kappa shape index (κ3) is 2.84. The van der Waals surface area contributed by atoms with Gasteiger partial charge < -0.3 is 5.73 Å². The summed E-state index contributed by atoms with van der Waals surface area (Å²) in [5, 5.41) is 0. The van der Waals surface area contributed by atoms with E-state index in [1.54, 1.807) is 18.3 Å². The number of anilines is 1. The molecule has 124 valence electrons. The third-order valence-electron chi connectivity index (χ3n) is 4.85. The van der Waals surface area contributed by atoms with Gasteiger partial charge in [0.15, 0.2) is 5.78 Å². The zero-order valence-corrected chi connectivity index (χ0v) is 14.3. The van der Waals surface area contributed by atoms with Crippen LogP contribution in [0.4, 0.5) is 5.69 Å². The van der Waals surface area contributed by atoms with Crippen LogP contribution < -0.4 is 5.73 Å². The number of hydrogen-bond donors (Lipinski definition) is 1. The van der Waals surface area contributed by atoms with E-state index in [1.807, 2.05) is 32.9 Å². The SMILES string of the molecule is Cc1cc(C)c(C2C(=O)CC(Cc3ncccc3N)C2=O)c(C)c1. The average molecular weight is 322 g/mol. The number of pyridine rings is 1. The third-order valence-corrected chi connectivity index (χ3v) is 4.85. The Bertz CT molecular complexity index is 803. The standard InChI is InChI=1S/C20H22N2O2/c1-11-7-12(2)18(13(3)8-11)19-17(23)10-14(20(19)24)9-16-15(21)5-4-6-22-16/h4-8,14,19H,9-10,21H2,1-3H3. The van der Waals surface area contributed by atoms with Gasteiger partial charge in [0.25, 0.3) is 0 Å². The highest BCUT2D eigenvalue weighted by Crippen LogP contribution is 2.37. The quantitative estimate of drug-likeness (QED) is 0.881. The van der Waals surface area contributed by atoms with Gasteiger partial charge in [-0.25, -0.2) is 0 Å². The molecule has 0 amide bonds. The molecule has 1 aromatic heterocycles. The lowest BCUT2D eigenvalue weighted by molar-refractivity contribution is -0.124. The van der Waals surface area contributed by atoms with Crippen molar-refractivity contribution in [2.24, 2.45) is 5.92 Å². The summed E-state index contributed by atoms with van der Waals surface area (Å²) in [5.74, 6) is -0.963. The lowest BCUT2D eigenvalue weighted by Gasteiger charge is -2.16. The van der Waals surface area contributed by atoms with Crippen molar-refractivity contribution in [3.05, 3.63) is 58.4 Å². The highest BCUT2D eigenvalue weighted by atomic mass is 16.2. The number of benzene rings is 1. The van der Waals surface area contributed by atoms with E-state index in [2.05, 4.69) is 4.98 Å². The second kappa shape index (κ2) is 6.19. The lowest BCUT2D eigenvalue weighted by Crippen LogP contribution is -2.19. The monoisotopic (exact) mass is 322 g/mol. The van der Waals surface area contributed by atoms with Crippen LogP contribution in [0.25, 0.3) is 0 Å². The van der Waals surface area contributed by atoms with Crippen molar-refractivity contribution >= 4 is 17.3 Å². The number of carbonyl (C=O) groups is 2. The van der Waals surface area contributed by atoms with Crippen LogP contribution in [-0.4, -0.2) is 16.6 Å². The molecule has 1 aliphatic carbocycles. The molecular formula is C20H22N2O2. The van der Waals surface area contributed by atoms with Crippen molar-refractivity contribution in [1.29, 1.82) is 0 Å². The number of aromatic nitrogens is 1. The molecule has 4 heteroatoms. The first kappa shape index (κ1) is 16.4. The molecule has 4 nitrogen and oxygen atoms in total. The summed E-state index contributed by atoms with van der Waals surface area (Å²) in [6.45, 7) is 5.97. The first-order chi connectivity index (χ1) is 11.4. The van der Waals surface area contributed by atoms with Gasteiger partial charge in [-0.15, -0.1) is 0 Å². The minimum Gasteiger partial charge on any atom is -0.397 e. The van der Waals surface area contributed by atoms with Crippen molar-refractivity contribution in [3.8, 4) is 0 Å². The Labute approximate surface area is 142 Å². The first-order valence-corrected chi connectivity index (χ1v) is 8.22. The largest absolute Gasteiger partial charge is 0.397 e. The number of carbonyl (C=O) groups excluding carboxylic acids is 2. The maximum atomic E-state index is 12.9. The minimum absolute atomic E-state index is 0.0000983. The van der Waals surface area contributed by atoms with E-state index in [-0.39, 0.29) is 23.9 Å². The van der Waals surface area contributed by atoms with Crippen LogP contribution in [0.5, 0.6) is 0 Å². The molecule has 2 unspecified atom stereocenters. The summed E-state index contributed by atoms with van der Waals surface area (Å²) in [5.41, 5.74) is 11.2. The summed E-state index contributed by atoms with van der Waals surface area (Å²) in [7, 11) is 0. The molecule has 0 aliphatic heterocycles. The van der Waals surface area contributed by atoms with Crippen molar-refractivity contribution in [1.82, 2.24) is 4.98 Å². The van der Waals surface area contributed by atoms with Crippen LogP contribution in [-0.2, 0) is 16.0 Å². The Balaban J connectivity index is 1.92. The van der Waals surface area contributed by atoms with E-state index in [1.165, 1.54) is 0 Å². The number of hydrogen-bond acceptors (Lipinski definition) is 4. The summed E-state index contributed by atoms with van der Waals surface area (Å²) >= 11 is 0. The van der Waals surface area contributed by atoms with E-state index < -0.39 is 5.92 Å². The van der Waals surface area contributed by atoms with Gasteiger partial charge in [-0.2, -0.15) is 0 Å². The molecule has 3 rings (SSSR count). The molecule has 1 aliphatic rings. The molecule has 0 bridgehead atoms. The number of aryl methyl sites for hydroxylation is 3. The van der Waals surface area contributed by atoms with E-state index in [0.29, 0.717) is 17.8 Å². The predicted molar refractivity (Wildman–Crippen MR) is 93.9 cm³/mol. The van der Waals surface area contributed by atoms with Gasteiger partial charge in [-0.3, -0.25) is 14.6 Å². The fraction of sp³-hybridized carbons (Fsp3) is 0.350. The van der Waals surface area contributed by atoms with Crippen molar-refractivity contribution in [3.63, 3.8) is 0 Å². The van der Waals surface area contributed by atoms with Crippen LogP contribution >= 0.6 is 0 Å². The fourth-order valence-corrected chi connectivity index (χ4v) is 3.83. The molecular weight excluding hydrogens is 300 g/mol. The first-order valence-electron chi connectivity index (χ1n) is 8.22. The molecule has 24 heavy (non-hydrogen) atoms. The maximum Gasteiger partial charge on any atom is 0.151 e. The van der Waals surface area contributed by atoms with Gasteiger partial charge in [-0.05, 0) is 49.6 Å². The van der Waals surface area contributed by atoms with Gasteiger partial charge in [0.2, 0.25) is 0 Å². The van der Waals surface area contributed by atoms with Gasteiger partial charge >= 0.3 is 0 Å². The number of Topliss-reactive ketones (excluding diaryl/α,β-unsaturated/α-hetero) is 2. The second-order valence-electron chi connectivity index (χ2n) is 6.76. The van der Waals surface area contributed by atoms with Gasteiger partial charge in [0, 0.05) is 25.0 Å².